The molecule has 1 atom stereocenters. The predicted molar refractivity (Wildman–Crippen MR) is 81.1 cm³/mol. The van der Waals surface area contributed by atoms with Gasteiger partial charge in [-0.2, -0.15) is 13.2 Å². The molecule has 0 aliphatic carbocycles. The highest BCUT2D eigenvalue weighted by Crippen LogP contribution is 2.24. The summed E-state index contributed by atoms with van der Waals surface area (Å²) in [5.41, 5.74) is -0.482. The van der Waals surface area contributed by atoms with Gasteiger partial charge in [-0.3, -0.25) is 9.79 Å². The van der Waals surface area contributed by atoms with Gasteiger partial charge in [0.2, 0.25) is 5.91 Å². The number of carbonyl (C=O) groups is 1. The number of piperazine rings is 1. The number of carbonyl (C=O) groups excluding carboxylic acids is 1. The Bertz CT molecular complexity index is 463. The minimum Gasteiger partial charge on any atom is -0.382 e. The maximum atomic E-state index is 12.4. The molecule has 0 saturated carbocycles. The van der Waals surface area contributed by atoms with Crippen molar-refractivity contribution < 1.29 is 23.1 Å². The van der Waals surface area contributed by atoms with Gasteiger partial charge in [0.25, 0.3) is 0 Å². The van der Waals surface area contributed by atoms with Crippen molar-refractivity contribution in [2.45, 2.75) is 51.6 Å². The van der Waals surface area contributed by atoms with Gasteiger partial charge in [-0.05, 0) is 27.7 Å². The first kappa shape index (κ1) is 19.5. The zero-order valence-electron chi connectivity index (χ0n) is 14.1. The first-order valence-corrected chi connectivity index (χ1v) is 7.42. The van der Waals surface area contributed by atoms with Gasteiger partial charge in [0.05, 0.1) is 18.6 Å². The third kappa shape index (κ3) is 4.73. The molecule has 0 aromatic rings. The van der Waals surface area contributed by atoms with Crippen LogP contribution in [-0.2, 0) is 4.79 Å². The number of nitrogens with zero attached hydrogens (tertiary/aromatic N) is 3. The molecule has 0 radical (unpaired) electrons. The van der Waals surface area contributed by atoms with Crippen molar-refractivity contribution in [2.24, 2.45) is 4.99 Å². The van der Waals surface area contributed by atoms with Crippen molar-refractivity contribution in [3.8, 4) is 0 Å². The van der Waals surface area contributed by atoms with E-state index in [1.54, 1.807) is 9.80 Å². The van der Waals surface area contributed by atoms with E-state index in [-0.39, 0.29) is 24.5 Å². The van der Waals surface area contributed by atoms with Gasteiger partial charge in [-0.15, -0.1) is 0 Å². The number of guanidine groups is 1. The molecular formula is C14H25F3N4O2. The molecule has 0 spiro atoms. The normalized spacial score (nSPS) is 21.0. The number of alkyl halides is 3. The van der Waals surface area contributed by atoms with Crippen molar-refractivity contribution in [1.82, 2.24) is 15.1 Å². The number of halogens is 3. The quantitative estimate of drug-likeness (QED) is 0.590. The third-order valence-corrected chi connectivity index (χ3v) is 3.68. The number of hydrogen-bond acceptors (Lipinski definition) is 3. The fourth-order valence-corrected chi connectivity index (χ4v) is 2.95. The molecule has 0 aromatic carbocycles. The maximum absolute atomic E-state index is 12.4. The molecule has 1 amide bonds. The second kappa shape index (κ2) is 6.94. The molecule has 0 bridgehead atoms. The van der Waals surface area contributed by atoms with Crippen LogP contribution < -0.4 is 5.32 Å². The molecule has 2 N–H and O–H groups in total. The molecule has 1 saturated heterocycles. The average Bonchev–Trinajstić information content (AvgIpc) is 2.35. The van der Waals surface area contributed by atoms with E-state index in [1.165, 1.54) is 7.05 Å². The highest BCUT2D eigenvalue weighted by molar-refractivity contribution is 5.88. The van der Waals surface area contributed by atoms with Crippen molar-refractivity contribution in [3.63, 3.8) is 0 Å². The Morgan fingerprint density at radius 2 is 2.00 bits per heavy atom. The van der Waals surface area contributed by atoms with E-state index in [4.69, 9.17) is 5.11 Å². The van der Waals surface area contributed by atoms with Crippen LogP contribution in [-0.4, -0.2) is 77.3 Å². The van der Waals surface area contributed by atoms with E-state index in [0.717, 1.165) is 0 Å². The summed E-state index contributed by atoms with van der Waals surface area (Å²) >= 11 is 0. The first-order valence-electron chi connectivity index (χ1n) is 7.42. The topological polar surface area (TPSA) is 68.2 Å². The van der Waals surface area contributed by atoms with Crippen LogP contribution in [0, 0.1) is 0 Å². The highest BCUT2D eigenvalue weighted by atomic mass is 19.4. The molecule has 1 aliphatic rings. The smallest absolute Gasteiger partial charge is 0.382 e. The summed E-state index contributed by atoms with van der Waals surface area (Å²) in [5, 5.41) is 11.5. The summed E-state index contributed by atoms with van der Waals surface area (Å²) in [6.45, 7) is 7.38. The Balaban J connectivity index is 2.80. The third-order valence-electron chi connectivity index (χ3n) is 3.68. The highest BCUT2D eigenvalue weighted by Gasteiger charge is 2.42. The van der Waals surface area contributed by atoms with Gasteiger partial charge in [0, 0.05) is 19.6 Å². The standard InChI is InChI=1S/C14H25F3N4O2/c1-9(2)21-11(23)7-20(8-13(21,3)4)12(18-5)19-6-10(22)14(15,16)17/h9-10,22H,6-8H2,1-5H3,(H,18,19). The molecule has 1 fully saturated rings. The van der Waals surface area contributed by atoms with Gasteiger partial charge in [0.1, 0.15) is 0 Å². The van der Waals surface area contributed by atoms with Crippen LogP contribution in [0.1, 0.15) is 27.7 Å². The summed E-state index contributed by atoms with van der Waals surface area (Å²) in [4.78, 5) is 19.6. The largest absolute Gasteiger partial charge is 0.416 e. The van der Waals surface area contributed by atoms with Crippen LogP contribution in [0.2, 0.25) is 0 Å². The number of hydrogen-bond donors (Lipinski definition) is 2. The Kier molecular flexibility index (Phi) is 5.89. The summed E-state index contributed by atoms with van der Waals surface area (Å²) in [6.07, 6.45) is -7.18. The van der Waals surface area contributed by atoms with Crippen molar-refractivity contribution in [3.05, 3.63) is 0 Å². The van der Waals surface area contributed by atoms with Gasteiger partial charge in [0.15, 0.2) is 12.1 Å². The summed E-state index contributed by atoms with van der Waals surface area (Å²) in [5.74, 6) is 0.0497. The molecule has 1 heterocycles. The number of aliphatic imine (C=N–C) groups is 1. The minimum absolute atomic E-state index is 0.0293. The Labute approximate surface area is 134 Å². The molecular weight excluding hydrogens is 313 g/mol. The van der Waals surface area contributed by atoms with Gasteiger partial charge in [-0.1, -0.05) is 0 Å². The van der Waals surface area contributed by atoms with Gasteiger partial charge in [-0.25, -0.2) is 0 Å². The molecule has 6 nitrogen and oxygen atoms in total. The fraction of sp³-hybridized carbons (Fsp3) is 0.857. The molecule has 134 valence electrons. The molecule has 9 heteroatoms. The summed E-state index contributed by atoms with van der Waals surface area (Å²) < 4.78 is 37.1. The maximum Gasteiger partial charge on any atom is 0.416 e. The Hall–Kier alpha value is -1.51. The van der Waals surface area contributed by atoms with E-state index >= 15 is 0 Å². The van der Waals surface area contributed by atoms with Crippen molar-refractivity contribution in [1.29, 1.82) is 0 Å². The molecule has 1 unspecified atom stereocenters. The van der Waals surface area contributed by atoms with E-state index < -0.39 is 24.4 Å². The summed E-state index contributed by atoms with van der Waals surface area (Å²) in [7, 11) is 1.43. The number of amides is 1. The van der Waals surface area contributed by atoms with Crippen molar-refractivity contribution >= 4 is 11.9 Å². The molecule has 0 aromatic heterocycles. The lowest BCUT2D eigenvalue weighted by Crippen LogP contribution is -2.66. The van der Waals surface area contributed by atoms with Gasteiger partial charge < -0.3 is 20.2 Å². The van der Waals surface area contributed by atoms with Gasteiger partial charge >= 0.3 is 6.18 Å². The predicted octanol–water partition coefficient (Wildman–Crippen LogP) is 0.816. The monoisotopic (exact) mass is 338 g/mol. The van der Waals surface area contributed by atoms with Crippen LogP contribution in [0.4, 0.5) is 13.2 Å². The lowest BCUT2D eigenvalue weighted by atomic mass is 9.96. The Morgan fingerprint density at radius 1 is 1.43 bits per heavy atom. The van der Waals surface area contributed by atoms with Crippen molar-refractivity contribution in [2.75, 3.05) is 26.7 Å². The number of aliphatic hydroxyl groups excluding tert-OH is 1. The lowest BCUT2D eigenvalue weighted by Gasteiger charge is -2.49. The van der Waals surface area contributed by atoms with Crippen LogP contribution in [0.3, 0.4) is 0 Å². The number of rotatable bonds is 3. The average molecular weight is 338 g/mol. The fourth-order valence-electron chi connectivity index (χ4n) is 2.95. The molecule has 1 aliphatic heterocycles. The second-order valence-electron chi connectivity index (χ2n) is 6.51. The van der Waals surface area contributed by atoms with E-state index in [9.17, 15) is 18.0 Å². The first-order chi connectivity index (χ1) is 10.4. The van der Waals surface area contributed by atoms with E-state index in [2.05, 4.69) is 10.3 Å². The van der Waals surface area contributed by atoms with E-state index in [1.807, 2.05) is 27.7 Å². The summed E-state index contributed by atoms with van der Waals surface area (Å²) in [6, 6.07) is 0.0293. The van der Waals surface area contributed by atoms with Crippen LogP contribution in [0.25, 0.3) is 0 Å². The number of nitrogens with one attached hydrogen (secondary N) is 1. The van der Waals surface area contributed by atoms with Crippen LogP contribution in [0.5, 0.6) is 0 Å². The lowest BCUT2D eigenvalue weighted by molar-refractivity contribution is -0.201. The van der Waals surface area contributed by atoms with Crippen LogP contribution in [0.15, 0.2) is 4.99 Å². The second-order valence-corrected chi connectivity index (χ2v) is 6.51. The zero-order chi connectivity index (χ0) is 18.0. The number of aliphatic hydroxyl groups is 1. The van der Waals surface area contributed by atoms with Crippen LogP contribution >= 0.6 is 0 Å². The molecule has 1 rings (SSSR count). The Morgan fingerprint density at radius 3 is 2.39 bits per heavy atom. The van der Waals surface area contributed by atoms with E-state index in [0.29, 0.717) is 6.54 Å². The minimum atomic E-state index is -4.70. The SMILES string of the molecule is CN=C(NCC(O)C(F)(F)F)N1CC(=O)N(C(C)C)C(C)(C)C1. The zero-order valence-corrected chi connectivity index (χ0v) is 14.1. The molecule has 23 heavy (non-hydrogen) atoms.